The number of amides is 2. The topological polar surface area (TPSA) is 89.4 Å². The summed E-state index contributed by atoms with van der Waals surface area (Å²) < 4.78 is 0. The molecule has 5 heteroatoms. The Balaban J connectivity index is 2.32. The zero-order valence-electron chi connectivity index (χ0n) is 9.64. The first kappa shape index (κ1) is 11.4. The summed E-state index contributed by atoms with van der Waals surface area (Å²) >= 11 is 0. The van der Waals surface area contributed by atoms with E-state index in [2.05, 4.69) is 0 Å². The Hall–Kier alpha value is -2.04. The molecule has 0 aliphatic carbocycles. The van der Waals surface area contributed by atoms with Crippen LogP contribution in [-0.2, 0) is 9.59 Å². The molecule has 0 radical (unpaired) electrons. The Bertz CT molecular complexity index is 485. The fourth-order valence-electron chi connectivity index (χ4n) is 2.05. The van der Waals surface area contributed by atoms with Crippen LogP contribution in [0.5, 0.6) is 0 Å². The molecule has 4 N–H and O–H groups in total. The van der Waals surface area contributed by atoms with Crippen LogP contribution in [0.2, 0.25) is 0 Å². The number of nitrogens with zero attached hydrogens (tertiary/aromatic N) is 1. The van der Waals surface area contributed by atoms with Gasteiger partial charge in [-0.1, -0.05) is 6.07 Å². The van der Waals surface area contributed by atoms with Gasteiger partial charge in [0.2, 0.25) is 11.8 Å². The fraction of sp³-hybridized carbons (Fsp3) is 0.333. The van der Waals surface area contributed by atoms with Crippen molar-refractivity contribution in [1.82, 2.24) is 0 Å². The van der Waals surface area contributed by atoms with Crippen LogP contribution < -0.4 is 16.4 Å². The van der Waals surface area contributed by atoms with Crippen molar-refractivity contribution < 1.29 is 9.59 Å². The molecule has 1 aromatic rings. The van der Waals surface area contributed by atoms with Gasteiger partial charge >= 0.3 is 0 Å². The standard InChI is InChI=1S/C12H15N3O2/c1-7-2-3-9(13)5-10(7)15-6-8(12(14)17)4-11(15)16/h2-3,5,8H,4,6,13H2,1H3,(H2,14,17)/t8-/m0/s1. The van der Waals surface area contributed by atoms with Gasteiger partial charge in [0.05, 0.1) is 5.92 Å². The van der Waals surface area contributed by atoms with Crippen LogP contribution >= 0.6 is 0 Å². The van der Waals surface area contributed by atoms with Crippen LogP contribution in [-0.4, -0.2) is 18.4 Å². The second-order valence-corrected chi connectivity index (χ2v) is 4.35. The van der Waals surface area contributed by atoms with E-state index in [1.54, 1.807) is 17.0 Å². The van der Waals surface area contributed by atoms with Crippen molar-refractivity contribution in [3.63, 3.8) is 0 Å². The number of hydrogen-bond donors (Lipinski definition) is 2. The third-order valence-electron chi connectivity index (χ3n) is 3.05. The van der Waals surface area contributed by atoms with E-state index in [-0.39, 0.29) is 12.3 Å². The van der Waals surface area contributed by atoms with Crippen LogP contribution in [0.3, 0.4) is 0 Å². The molecule has 0 bridgehead atoms. The molecule has 1 aliphatic rings. The van der Waals surface area contributed by atoms with Crippen molar-refractivity contribution >= 4 is 23.2 Å². The molecule has 1 atom stereocenters. The molecule has 1 aromatic carbocycles. The predicted octanol–water partition coefficient (Wildman–Crippen LogP) is 0.415. The van der Waals surface area contributed by atoms with Crippen LogP contribution in [0.4, 0.5) is 11.4 Å². The Morgan fingerprint density at radius 2 is 2.18 bits per heavy atom. The van der Waals surface area contributed by atoms with Crippen molar-refractivity contribution in [3.8, 4) is 0 Å². The maximum absolute atomic E-state index is 11.8. The van der Waals surface area contributed by atoms with Crippen LogP contribution in [0.25, 0.3) is 0 Å². The molecule has 17 heavy (non-hydrogen) atoms. The van der Waals surface area contributed by atoms with E-state index in [4.69, 9.17) is 11.5 Å². The minimum Gasteiger partial charge on any atom is -0.399 e. The van der Waals surface area contributed by atoms with Gasteiger partial charge in [-0.2, -0.15) is 0 Å². The fourth-order valence-corrected chi connectivity index (χ4v) is 2.05. The molecule has 2 amide bonds. The lowest BCUT2D eigenvalue weighted by atomic mass is 10.1. The van der Waals surface area contributed by atoms with E-state index in [0.717, 1.165) is 11.3 Å². The third kappa shape index (κ3) is 2.08. The van der Waals surface area contributed by atoms with Crippen molar-refractivity contribution in [2.45, 2.75) is 13.3 Å². The summed E-state index contributed by atoms with van der Waals surface area (Å²) in [5.41, 5.74) is 13.2. The van der Waals surface area contributed by atoms with Crippen molar-refractivity contribution in [3.05, 3.63) is 23.8 Å². The average molecular weight is 233 g/mol. The maximum Gasteiger partial charge on any atom is 0.227 e. The first-order chi connectivity index (χ1) is 7.99. The van der Waals surface area contributed by atoms with E-state index in [9.17, 15) is 9.59 Å². The molecular formula is C12H15N3O2. The number of nitrogen functional groups attached to an aromatic ring is 1. The summed E-state index contributed by atoms with van der Waals surface area (Å²) in [5, 5.41) is 0. The first-order valence-corrected chi connectivity index (χ1v) is 5.45. The third-order valence-corrected chi connectivity index (χ3v) is 3.05. The van der Waals surface area contributed by atoms with E-state index < -0.39 is 11.8 Å². The number of nitrogens with two attached hydrogens (primary N) is 2. The second kappa shape index (κ2) is 4.08. The van der Waals surface area contributed by atoms with Crippen molar-refractivity contribution in [2.24, 2.45) is 11.7 Å². The van der Waals surface area contributed by atoms with E-state index >= 15 is 0 Å². The van der Waals surface area contributed by atoms with Crippen LogP contribution in [0.1, 0.15) is 12.0 Å². The number of primary amides is 1. The summed E-state index contributed by atoms with van der Waals surface area (Å²) in [5.74, 6) is -0.909. The van der Waals surface area contributed by atoms with Gasteiger partial charge in [0, 0.05) is 24.3 Å². The molecule has 0 spiro atoms. The minimum atomic E-state index is -0.428. The summed E-state index contributed by atoms with van der Waals surface area (Å²) in [6, 6.07) is 5.39. The number of aryl methyl sites for hydroxylation is 1. The Kier molecular flexibility index (Phi) is 2.75. The van der Waals surface area contributed by atoms with Gasteiger partial charge in [0.1, 0.15) is 0 Å². The molecule has 1 heterocycles. The molecule has 0 aromatic heterocycles. The number of carbonyl (C=O) groups is 2. The van der Waals surface area contributed by atoms with Gasteiger partial charge in [-0.05, 0) is 24.6 Å². The lowest BCUT2D eigenvalue weighted by molar-refractivity contribution is -0.123. The molecule has 0 unspecified atom stereocenters. The summed E-state index contributed by atoms with van der Waals surface area (Å²) in [6.45, 7) is 2.25. The molecule has 1 aliphatic heterocycles. The SMILES string of the molecule is Cc1ccc(N)cc1N1C[C@@H](C(N)=O)CC1=O. The molecule has 2 rings (SSSR count). The summed E-state index contributed by atoms with van der Waals surface area (Å²) in [4.78, 5) is 24.5. The molecule has 1 saturated heterocycles. The average Bonchev–Trinajstić information content (AvgIpc) is 2.64. The first-order valence-electron chi connectivity index (χ1n) is 5.45. The van der Waals surface area contributed by atoms with Gasteiger partial charge in [-0.3, -0.25) is 9.59 Å². The lowest BCUT2D eigenvalue weighted by Crippen LogP contribution is -2.28. The van der Waals surface area contributed by atoms with Gasteiger partial charge in [0.25, 0.3) is 0 Å². The highest BCUT2D eigenvalue weighted by molar-refractivity contribution is 6.00. The smallest absolute Gasteiger partial charge is 0.227 e. The number of rotatable bonds is 2. The molecular weight excluding hydrogens is 218 g/mol. The zero-order valence-corrected chi connectivity index (χ0v) is 9.64. The lowest BCUT2D eigenvalue weighted by Gasteiger charge is -2.19. The number of benzene rings is 1. The molecule has 1 fully saturated rings. The van der Waals surface area contributed by atoms with Crippen LogP contribution in [0.15, 0.2) is 18.2 Å². The van der Waals surface area contributed by atoms with Gasteiger partial charge in [-0.25, -0.2) is 0 Å². The minimum absolute atomic E-state index is 0.0810. The maximum atomic E-state index is 11.8. The van der Waals surface area contributed by atoms with E-state index in [1.807, 2.05) is 13.0 Å². The highest BCUT2D eigenvalue weighted by Gasteiger charge is 2.34. The zero-order chi connectivity index (χ0) is 12.6. The summed E-state index contributed by atoms with van der Waals surface area (Å²) in [6.07, 6.45) is 0.184. The van der Waals surface area contributed by atoms with Crippen LogP contribution in [0, 0.1) is 12.8 Å². The Labute approximate surface area is 99.4 Å². The predicted molar refractivity (Wildman–Crippen MR) is 65.2 cm³/mol. The highest BCUT2D eigenvalue weighted by atomic mass is 16.2. The molecule has 90 valence electrons. The normalized spacial score (nSPS) is 19.7. The molecule has 0 saturated carbocycles. The van der Waals surface area contributed by atoms with Gasteiger partial charge in [0.15, 0.2) is 0 Å². The van der Waals surface area contributed by atoms with Gasteiger partial charge < -0.3 is 16.4 Å². The quantitative estimate of drug-likeness (QED) is 0.725. The van der Waals surface area contributed by atoms with E-state index in [1.165, 1.54) is 0 Å². The molecule has 5 nitrogen and oxygen atoms in total. The van der Waals surface area contributed by atoms with Crippen molar-refractivity contribution in [1.29, 1.82) is 0 Å². The monoisotopic (exact) mass is 233 g/mol. The Morgan fingerprint density at radius 3 is 2.76 bits per heavy atom. The second-order valence-electron chi connectivity index (χ2n) is 4.35. The summed E-state index contributed by atoms with van der Waals surface area (Å²) in [7, 11) is 0. The highest BCUT2D eigenvalue weighted by Crippen LogP contribution is 2.29. The van der Waals surface area contributed by atoms with E-state index in [0.29, 0.717) is 12.2 Å². The Morgan fingerprint density at radius 1 is 1.47 bits per heavy atom. The number of carbonyl (C=O) groups excluding carboxylic acids is 2. The number of hydrogen-bond acceptors (Lipinski definition) is 3. The largest absolute Gasteiger partial charge is 0.399 e. The van der Waals surface area contributed by atoms with Gasteiger partial charge in [-0.15, -0.1) is 0 Å². The van der Waals surface area contributed by atoms with Crippen molar-refractivity contribution in [2.75, 3.05) is 17.2 Å². The number of anilines is 2.